The van der Waals surface area contributed by atoms with Gasteiger partial charge in [-0.1, -0.05) is 24.6 Å². The molecule has 0 heterocycles. The SMILES string of the molecule is Cc1cccc(C2CCCC2CNC(C)(C)C)c1C. The molecule has 0 aliphatic heterocycles. The molecule has 1 aliphatic rings. The molecule has 1 heteroatoms. The molecule has 1 saturated carbocycles. The fraction of sp³-hybridized carbons (Fsp3) is 0.667. The van der Waals surface area contributed by atoms with Crippen molar-refractivity contribution in [3.05, 3.63) is 34.9 Å². The number of nitrogens with one attached hydrogen (secondary N) is 1. The summed E-state index contributed by atoms with van der Waals surface area (Å²) in [5.41, 5.74) is 4.77. The van der Waals surface area contributed by atoms with Gasteiger partial charge in [0.05, 0.1) is 0 Å². The van der Waals surface area contributed by atoms with E-state index in [2.05, 4.69) is 58.1 Å². The Morgan fingerprint density at radius 3 is 2.58 bits per heavy atom. The number of benzene rings is 1. The summed E-state index contributed by atoms with van der Waals surface area (Å²) in [5, 5.41) is 3.70. The molecular formula is C18H29N. The maximum absolute atomic E-state index is 3.70. The molecule has 2 unspecified atom stereocenters. The van der Waals surface area contributed by atoms with Gasteiger partial charge in [-0.25, -0.2) is 0 Å². The number of aryl methyl sites for hydroxylation is 1. The summed E-state index contributed by atoms with van der Waals surface area (Å²) >= 11 is 0. The summed E-state index contributed by atoms with van der Waals surface area (Å²) in [5.74, 6) is 1.56. The molecule has 1 nitrogen and oxygen atoms in total. The van der Waals surface area contributed by atoms with E-state index in [0.29, 0.717) is 0 Å². The zero-order chi connectivity index (χ0) is 14.0. The number of hydrogen-bond donors (Lipinski definition) is 1. The van der Waals surface area contributed by atoms with Crippen LogP contribution in [0.25, 0.3) is 0 Å². The predicted molar refractivity (Wildman–Crippen MR) is 83.8 cm³/mol. The van der Waals surface area contributed by atoms with Crippen molar-refractivity contribution >= 4 is 0 Å². The van der Waals surface area contributed by atoms with Gasteiger partial charge in [-0.15, -0.1) is 0 Å². The third-order valence-corrected chi connectivity index (χ3v) is 4.60. The maximum Gasteiger partial charge on any atom is 0.00966 e. The lowest BCUT2D eigenvalue weighted by Gasteiger charge is -2.27. The zero-order valence-electron chi connectivity index (χ0n) is 13.2. The quantitative estimate of drug-likeness (QED) is 0.838. The third kappa shape index (κ3) is 3.60. The molecular weight excluding hydrogens is 230 g/mol. The fourth-order valence-corrected chi connectivity index (χ4v) is 3.30. The van der Waals surface area contributed by atoms with Gasteiger partial charge in [0.15, 0.2) is 0 Å². The van der Waals surface area contributed by atoms with Crippen molar-refractivity contribution in [2.75, 3.05) is 6.54 Å². The Kier molecular flexibility index (Phi) is 4.35. The molecule has 1 fully saturated rings. The van der Waals surface area contributed by atoms with E-state index in [-0.39, 0.29) is 5.54 Å². The zero-order valence-corrected chi connectivity index (χ0v) is 13.2. The van der Waals surface area contributed by atoms with Crippen LogP contribution in [0.1, 0.15) is 62.6 Å². The van der Waals surface area contributed by atoms with Crippen LogP contribution in [0.4, 0.5) is 0 Å². The Morgan fingerprint density at radius 1 is 1.16 bits per heavy atom. The summed E-state index contributed by atoms with van der Waals surface area (Å²) in [6, 6.07) is 6.81. The lowest BCUT2D eigenvalue weighted by molar-refractivity contribution is 0.356. The second kappa shape index (κ2) is 5.66. The van der Waals surface area contributed by atoms with Gasteiger partial charge in [0.2, 0.25) is 0 Å². The van der Waals surface area contributed by atoms with E-state index in [1.54, 1.807) is 5.56 Å². The first-order valence-corrected chi connectivity index (χ1v) is 7.69. The highest BCUT2D eigenvalue weighted by molar-refractivity contribution is 5.36. The molecule has 1 aliphatic carbocycles. The van der Waals surface area contributed by atoms with E-state index in [1.807, 2.05) is 0 Å². The number of hydrogen-bond acceptors (Lipinski definition) is 1. The van der Waals surface area contributed by atoms with E-state index >= 15 is 0 Å². The van der Waals surface area contributed by atoms with Crippen molar-refractivity contribution in [1.29, 1.82) is 0 Å². The molecule has 0 amide bonds. The molecule has 0 saturated heterocycles. The molecule has 2 rings (SSSR count). The Balaban J connectivity index is 2.12. The van der Waals surface area contributed by atoms with Gasteiger partial charge in [-0.3, -0.25) is 0 Å². The van der Waals surface area contributed by atoms with Crippen molar-refractivity contribution in [1.82, 2.24) is 5.32 Å². The Labute approximate surface area is 118 Å². The minimum atomic E-state index is 0.231. The van der Waals surface area contributed by atoms with Crippen LogP contribution in [0.3, 0.4) is 0 Å². The van der Waals surface area contributed by atoms with E-state index in [9.17, 15) is 0 Å². The van der Waals surface area contributed by atoms with Gasteiger partial charge < -0.3 is 5.32 Å². The molecule has 0 radical (unpaired) electrons. The van der Waals surface area contributed by atoms with Crippen molar-refractivity contribution in [2.24, 2.45) is 5.92 Å². The summed E-state index contributed by atoms with van der Waals surface area (Å²) in [6.07, 6.45) is 4.12. The minimum Gasteiger partial charge on any atom is -0.312 e. The van der Waals surface area contributed by atoms with Crippen LogP contribution in [0.5, 0.6) is 0 Å². The van der Waals surface area contributed by atoms with Gasteiger partial charge in [-0.05, 0) is 82.5 Å². The van der Waals surface area contributed by atoms with Crippen molar-refractivity contribution < 1.29 is 0 Å². The Morgan fingerprint density at radius 2 is 1.89 bits per heavy atom. The van der Waals surface area contributed by atoms with Crippen molar-refractivity contribution in [3.8, 4) is 0 Å². The highest BCUT2D eigenvalue weighted by atomic mass is 14.9. The monoisotopic (exact) mass is 259 g/mol. The van der Waals surface area contributed by atoms with Crippen LogP contribution in [-0.4, -0.2) is 12.1 Å². The van der Waals surface area contributed by atoms with Gasteiger partial charge in [0, 0.05) is 5.54 Å². The van der Waals surface area contributed by atoms with Gasteiger partial charge in [0.25, 0.3) is 0 Å². The van der Waals surface area contributed by atoms with Crippen molar-refractivity contribution in [3.63, 3.8) is 0 Å². The molecule has 0 bridgehead atoms. The highest BCUT2D eigenvalue weighted by Crippen LogP contribution is 2.41. The van der Waals surface area contributed by atoms with Crippen LogP contribution in [0, 0.1) is 19.8 Å². The lowest BCUT2D eigenvalue weighted by atomic mass is 9.84. The lowest BCUT2D eigenvalue weighted by Crippen LogP contribution is -2.39. The molecule has 0 spiro atoms. The van der Waals surface area contributed by atoms with Crippen LogP contribution >= 0.6 is 0 Å². The first-order valence-electron chi connectivity index (χ1n) is 7.69. The molecule has 1 aromatic carbocycles. The van der Waals surface area contributed by atoms with Crippen LogP contribution < -0.4 is 5.32 Å². The smallest absolute Gasteiger partial charge is 0.00966 e. The van der Waals surface area contributed by atoms with E-state index in [0.717, 1.165) is 18.4 Å². The highest BCUT2D eigenvalue weighted by Gasteiger charge is 2.30. The number of rotatable bonds is 3. The van der Waals surface area contributed by atoms with Crippen LogP contribution in [-0.2, 0) is 0 Å². The molecule has 106 valence electrons. The minimum absolute atomic E-state index is 0.231. The molecule has 1 aromatic rings. The normalized spacial score (nSPS) is 23.8. The Hall–Kier alpha value is -0.820. The molecule has 2 atom stereocenters. The fourth-order valence-electron chi connectivity index (χ4n) is 3.30. The van der Waals surface area contributed by atoms with E-state index < -0.39 is 0 Å². The second-order valence-electron chi connectivity index (χ2n) is 7.22. The third-order valence-electron chi connectivity index (χ3n) is 4.60. The molecule has 1 N–H and O–H groups in total. The summed E-state index contributed by atoms with van der Waals surface area (Å²) in [4.78, 5) is 0. The summed E-state index contributed by atoms with van der Waals surface area (Å²) < 4.78 is 0. The van der Waals surface area contributed by atoms with Gasteiger partial charge >= 0.3 is 0 Å². The van der Waals surface area contributed by atoms with Crippen LogP contribution in [0.2, 0.25) is 0 Å². The first kappa shape index (κ1) is 14.6. The van der Waals surface area contributed by atoms with Crippen LogP contribution in [0.15, 0.2) is 18.2 Å². The van der Waals surface area contributed by atoms with Crippen molar-refractivity contribution in [2.45, 2.75) is 65.3 Å². The topological polar surface area (TPSA) is 12.0 Å². The van der Waals surface area contributed by atoms with E-state index in [4.69, 9.17) is 0 Å². The molecule has 0 aromatic heterocycles. The van der Waals surface area contributed by atoms with Gasteiger partial charge in [-0.2, -0.15) is 0 Å². The molecule has 19 heavy (non-hydrogen) atoms. The Bertz CT molecular complexity index is 428. The largest absolute Gasteiger partial charge is 0.312 e. The average Bonchev–Trinajstić information content (AvgIpc) is 2.77. The summed E-state index contributed by atoms with van der Waals surface area (Å²) in [6.45, 7) is 12.5. The predicted octanol–water partition coefficient (Wildman–Crippen LogP) is 4.58. The second-order valence-corrected chi connectivity index (χ2v) is 7.22. The standard InChI is InChI=1S/C18H29N/c1-13-8-6-10-16(14(13)2)17-11-7-9-15(17)12-19-18(3,4)5/h6,8,10,15,17,19H,7,9,11-12H2,1-5H3. The maximum atomic E-state index is 3.70. The first-order chi connectivity index (χ1) is 8.88. The van der Waals surface area contributed by atoms with E-state index in [1.165, 1.54) is 30.4 Å². The summed E-state index contributed by atoms with van der Waals surface area (Å²) in [7, 11) is 0. The average molecular weight is 259 g/mol. The van der Waals surface area contributed by atoms with Gasteiger partial charge in [0.1, 0.15) is 0 Å².